The Hall–Kier alpha value is -2.98. The van der Waals surface area contributed by atoms with Gasteiger partial charge in [0.25, 0.3) is 0 Å². The molecule has 0 bridgehead atoms. The number of carbonyl (C=O) groups excluding carboxylic acids is 1. The Morgan fingerprint density at radius 2 is 1.73 bits per heavy atom. The normalized spacial score (nSPS) is 10.9. The first-order valence-corrected chi connectivity index (χ1v) is 8.38. The molecular formula is C21H18ClNO3. The number of rotatable bonds is 5. The van der Waals surface area contributed by atoms with Gasteiger partial charge in [0.05, 0.1) is 24.9 Å². The van der Waals surface area contributed by atoms with Crippen LogP contribution < -0.4 is 14.8 Å². The van der Waals surface area contributed by atoms with Crippen LogP contribution in [0.15, 0.2) is 60.7 Å². The highest BCUT2D eigenvalue weighted by atomic mass is 35.5. The van der Waals surface area contributed by atoms with Gasteiger partial charge >= 0.3 is 0 Å². The molecule has 26 heavy (non-hydrogen) atoms. The van der Waals surface area contributed by atoms with Crippen LogP contribution in [0.4, 0.5) is 5.69 Å². The van der Waals surface area contributed by atoms with E-state index in [9.17, 15) is 4.79 Å². The molecule has 0 saturated heterocycles. The maximum Gasteiger partial charge on any atom is 0.248 e. The predicted molar refractivity (Wildman–Crippen MR) is 106 cm³/mol. The lowest BCUT2D eigenvalue weighted by Crippen LogP contribution is -2.09. The lowest BCUT2D eigenvalue weighted by Gasteiger charge is -2.12. The molecule has 5 heteroatoms. The van der Waals surface area contributed by atoms with Crippen molar-refractivity contribution in [3.8, 4) is 11.5 Å². The topological polar surface area (TPSA) is 47.6 Å². The third-order valence-electron chi connectivity index (χ3n) is 3.97. The van der Waals surface area contributed by atoms with Crippen LogP contribution in [0.2, 0.25) is 5.02 Å². The number of anilines is 1. The van der Waals surface area contributed by atoms with Gasteiger partial charge in [0.1, 0.15) is 11.5 Å². The molecule has 0 radical (unpaired) electrons. The van der Waals surface area contributed by atoms with Crippen molar-refractivity contribution >= 4 is 40.0 Å². The Morgan fingerprint density at radius 1 is 1.00 bits per heavy atom. The fourth-order valence-electron chi connectivity index (χ4n) is 2.69. The van der Waals surface area contributed by atoms with E-state index < -0.39 is 0 Å². The molecule has 0 atom stereocenters. The Kier molecular flexibility index (Phi) is 5.44. The summed E-state index contributed by atoms with van der Waals surface area (Å²) >= 11 is 6.13. The minimum Gasteiger partial charge on any atom is -0.495 e. The number of ether oxygens (including phenoxy) is 2. The van der Waals surface area contributed by atoms with E-state index in [4.69, 9.17) is 21.1 Å². The van der Waals surface area contributed by atoms with Crippen LogP contribution in [0.25, 0.3) is 16.8 Å². The van der Waals surface area contributed by atoms with Crippen molar-refractivity contribution in [3.05, 3.63) is 71.3 Å². The predicted octanol–water partition coefficient (Wildman–Crippen LogP) is 5.16. The maximum atomic E-state index is 12.3. The number of fused-ring (bicyclic) bond motifs is 1. The summed E-state index contributed by atoms with van der Waals surface area (Å²) in [6, 6.07) is 17.2. The summed E-state index contributed by atoms with van der Waals surface area (Å²) in [6.07, 6.45) is 3.27. The molecule has 3 rings (SSSR count). The van der Waals surface area contributed by atoms with Gasteiger partial charge in [-0.1, -0.05) is 54.1 Å². The number of benzene rings is 3. The number of hydrogen-bond donors (Lipinski definition) is 1. The van der Waals surface area contributed by atoms with Crippen LogP contribution in [0.3, 0.4) is 0 Å². The van der Waals surface area contributed by atoms with Gasteiger partial charge in [-0.25, -0.2) is 0 Å². The number of halogens is 1. The lowest BCUT2D eigenvalue weighted by atomic mass is 10.0. The van der Waals surface area contributed by atoms with Crippen molar-refractivity contribution in [1.82, 2.24) is 0 Å². The van der Waals surface area contributed by atoms with E-state index in [2.05, 4.69) is 5.32 Å². The maximum absolute atomic E-state index is 12.3. The summed E-state index contributed by atoms with van der Waals surface area (Å²) < 4.78 is 10.4. The zero-order chi connectivity index (χ0) is 18.5. The van der Waals surface area contributed by atoms with Gasteiger partial charge in [-0.3, -0.25) is 4.79 Å². The molecule has 3 aromatic carbocycles. The van der Waals surface area contributed by atoms with E-state index in [1.165, 1.54) is 20.3 Å². The molecule has 1 N–H and O–H groups in total. The second-order valence-corrected chi connectivity index (χ2v) is 5.99. The number of amides is 1. The van der Waals surface area contributed by atoms with E-state index in [0.717, 1.165) is 16.3 Å². The van der Waals surface area contributed by atoms with Crippen molar-refractivity contribution < 1.29 is 14.3 Å². The Bertz CT molecular complexity index is 977. The van der Waals surface area contributed by atoms with E-state index in [1.54, 1.807) is 18.2 Å². The molecular weight excluding hydrogens is 350 g/mol. The van der Waals surface area contributed by atoms with Gasteiger partial charge < -0.3 is 14.8 Å². The fraction of sp³-hybridized carbons (Fsp3) is 0.0952. The largest absolute Gasteiger partial charge is 0.495 e. The highest BCUT2D eigenvalue weighted by Crippen LogP contribution is 2.35. The molecule has 0 saturated carbocycles. The molecule has 0 aromatic heterocycles. The number of nitrogens with one attached hydrogen (secondary N) is 1. The molecule has 1 amide bonds. The van der Waals surface area contributed by atoms with Crippen LogP contribution in [0, 0.1) is 0 Å². The van der Waals surface area contributed by atoms with Crippen LogP contribution in [-0.2, 0) is 4.79 Å². The molecule has 0 heterocycles. The minimum atomic E-state index is -0.280. The summed E-state index contributed by atoms with van der Waals surface area (Å²) in [6.45, 7) is 0. The first-order chi connectivity index (χ1) is 12.6. The standard InChI is InChI=1S/C21H18ClNO3/c1-25-19-13-20(26-2)18(12-17(19)22)23-21(24)11-10-15-8-5-7-14-6-3-4-9-16(14)15/h3-13H,1-2H3,(H,23,24)/b11-10+. The van der Waals surface area contributed by atoms with E-state index >= 15 is 0 Å². The third-order valence-corrected chi connectivity index (χ3v) is 4.26. The van der Waals surface area contributed by atoms with Crippen molar-refractivity contribution in [2.45, 2.75) is 0 Å². The summed E-state index contributed by atoms with van der Waals surface area (Å²) in [4.78, 5) is 12.3. The first-order valence-electron chi connectivity index (χ1n) is 8.00. The molecule has 0 fully saturated rings. The van der Waals surface area contributed by atoms with E-state index in [1.807, 2.05) is 42.5 Å². The average molecular weight is 368 g/mol. The quantitative estimate of drug-likeness (QED) is 0.633. The van der Waals surface area contributed by atoms with Crippen molar-refractivity contribution in [1.29, 1.82) is 0 Å². The van der Waals surface area contributed by atoms with E-state index in [-0.39, 0.29) is 5.91 Å². The Morgan fingerprint density at radius 3 is 2.50 bits per heavy atom. The molecule has 0 unspecified atom stereocenters. The summed E-state index contributed by atoms with van der Waals surface area (Å²) in [5.74, 6) is 0.670. The van der Waals surface area contributed by atoms with Crippen molar-refractivity contribution in [3.63, 3.8) is 0 Å². The van der Waals surface area contributed by atoms with Crippen molar-refractivity contribution in [2.24, 2.45) is 0 Å². The highest BCUT2D eigenvalue weighted by molar-refractivity contribution is 6.32. The summed E-state index contributed by atoms with van der Waals surface area (Å²) in [7, 11) is 3.04. The molecule has 0 aliphatic carbocycles. The lowest BCUT2D eigenvalue weighted by molar-refractivity contribution is -0.111. The van der Waals surface area contributed by atoms with Gasteiger partial charge in [0.15, 0.2) is 0 Å². The smallest absolute Gasteiger partial charge is 0.248 e. The molecule has 132 valence electrons. The third kappa shape index (κ3) is 3.81. The van der Waals surface area contributed by atoms with Gasteiger partial charge in [-0.15, -0.1) is 0 Å². The minimum absolute atomic E-state index is 0.280. The number of hydrogen-bond acceptors (Lipinski definition) is 3. The van der Waals surface area contributed by atoms with Crippen LogP contribution in [-0.4, -0.2) is 20.1 Å². The zero-order valence-electron chi connectivity index (χ0n) is 14.5. The van der Waals surface area contributed by atoms with Crippen molar-refractivity contribution in [2.75, 3.05) is 19.5 Å². The first kappa shape index (κ1) is 17.8. The van der Waals surface area contributed by atoms with Gasteiger partial charge in [-0.05, 0) is 28.5 Å². The second-order valence-electron chi connectivity index (χ2n) is 5.58. The highest BCUT2D eigenvalue weighted by Gasteiger charge is 2.11. The molecule has 0 aliphatic heterocycles. The summed E-state index contributed by atoms with van der Waals surface area (Å²) in [5, 5.41) is 5.38. The van der Waals surface area contributed by atoms with Crippen LogP contribution >= 0.6 is 11.6 Å². The molecule has 3 aromatic rings. The van der Waals surface area contributed by atoms with Crippen LogP contribution in [0.1, 0.15) is 5.56 Å². The number of carbonyl (C=O) groups is 1. The van der Waals surface area contributed by atoms with Gasteiger partial charge in [-0.2, -0.15) is 0 Å². The SMILES string of the molecule is COc1cc(OC)c(NC(=O)/C=C/c2cccc3ccccc23)cc1Cl. The Labute approximate surface area is 157 Å². The fourth-order valence-corrected chi connectivity index (χ4v) is 2.93. The van der Waals surface area contributed by atoms with Crippen LogP contribution in [0.5, 0.6) is 11.5 Å². The second kappa shape index (κ2) is 7.93. The molecule has 4 nitrogen and oxygen atoms in total. The zero-order valence-corrected chi connectivity index (χ0v) is 15.2. The van der Waals surface area contributed by atoms with Gasteiger partial charge in [0.2, 0.25) is 5.91 Å². The van der Waals surface area contributed by atoms with Gasteiger partial charge in [0, 0.05) is 12.1 Å². The molecule has 0 aliphatic rings. The Balaban J connectivity index is 1.83. The van der Waals surface area contributed by atoms with E-state index in [0.29, 0.717) is 22.2 Å². The average Bonchev–Trinajstić information content (AvgIpc) is 2.66. The molecule has 0 spiro atoms. The monoisotopic (exact) mass is 367 g/mol. The number of methoxy groups -OCH3 is 2. The summed E-state index contributed by atoms with van der Waals surface area (Å²) in [5.41, 5.74) is 1.45.